The molecule has 0 radical (unpaired) electrons. The van der Waals surface area contributed by atoms with E-state index in [4.69, 9.17) is 5.11 Å². The molecule has 0 aliphatic carbocycles. The Morgan fingerprint density at radius 1 is 1.25 bits per heavy atom. The average molecular weight is 218 g/mol. The van der Waals surface area contributed by atoms with Gasteiger partial charge in [0.15, 0.2) is 0 Å². The van der Waals surface area contributed by atoms with E-state index < -0.39 is 0 Å². The molecule has 2 rings (SSSR count). The topological polar surface area (TPSA) is 38.0 Å². The number of aryl methyl sites for hydroxylation is 3. The van der Waals surface area contributed by atoms with Gasteiger partial charge in [-0.25, -0.2) is 4.98 Å². The molecule has 1 N–H and O–H groups in total. The third-order valence-electron chi connectivity index (χ3n) is 3.09. The highest BCUT2D eigenvalue weighted by Gasteiger charge is 2.09. The van der Waals surface area contributed by atoms with Gasteiger partial charge in [-0.2, -0.15) is 0 Å². The van der Waals surface area contributed by atoms with Gasteiger partial charge in [0.05, 0.1) is 17.6 Å². The lowest BCUT2D eigenvalue weighted by atomic mass is 10.1. The Morgan fingerprint density at radius 2 is 1.94 bits per heavy atom. The van der Waals surface area contributed by atoms with Crippen LogP contribution in [-0.4, -0.2) is 21.3 Å². The molecule has 86 valence electrons. The lowest BCUT2D eigenvalue weighted by Crippen LogP contribution is -2.03. The zero-order valence-corrected chi connectivity index (χ0v) is 10.1. The van der Waals surface area contributed by atoms with Crippen LogP contribution in [0.15, 0.2) is 12.1 Å². The van der Waals surface area contributed by atoms with Gasteiger partial charge in [0.25, 0.3) is 0 Å². The second-order valence-corrected chi connectivity index (χ2v) is 4.17. The molecule has 3 nitrogen and oxygen atoms in total. The van der Waals surface area contributed by atoms with E-state index in [1.807, 2.05) is 0 Å². The quantitative estimate of drug-likeness (QED) is 0.857. The summed E-state index contributed by atoms with van der Waals surface area (Å²) in [5, 5.41) is 9.02. The molecule has 0 unspecified atom stereocenters. The molecule has 0 fully saturated rings. The van der Waals surface area contributed by atoms with E-state index in [-0.39, 0.29) is 6.61 Å². The van der Waals surface area contributed by atoms with Crippen molar-refractivity contribution in [2.75, 3.05) is 6.61 Å². The number of hydrogen-bond donors (Lipinski definition) is 1. The predicted molar refractivity (Wildman–Crippen MR) is 65.7 cm³/mol. The van der Waals surface area contributed by atoms with Crippen LogP contribution in [0.1, 0.15) is 23.9 Å². The molecule has 0 amide bonds. The molecule has 0 atom stereocenters. The fraction of sp³-hybridized carbons (Fsp3) is 0.462. The standard InChI is InChI=1S/C13H18N2O/c1-4-15-12-8-10(3)9(2)7-11(12)14-13(15)5-6-16/h7-8,16H,4-6H2,1-3H3. The summed E-state index contributed by atoms with van der Waals surface area (Å²) in [5.41, 5.74) is 4.77. The minimum absolute atomic E-state index is 0.154. The van der Waals surface area contributed by atoms with Gasteiger partial charge in [0, 0.05) is 13.0 Å². The number of aliphatic hydroxyl groups excluding tert-OH is 1. The van der Waals surface area contributed by atoms with Crippen molar-refractivity contribution in [2.45, 2.75) is 33.7 Å². The number of aliphatic hydroxyl groups is 1. The maximum Gasteiger partial charge on any atom is 0.112 e. The minimum atomic E-state index is 0.154. The van der Waals surface area contributed by atoms with E-state index in [9.17, 15) is 0 Å². The predicted octanol–water partition coefficient (Wildman–Crippen LogP) is 2.21. The van der Waals surface area contributed by atoms with Crippen molar-refractivity contribution in [1.29, 1.82) is 0 Å². The Kier molecular flexibility index (Phi) is 2.97. The summed E-state index contributed by atoms with van der Waals surface area (Å²) in [4.78, 5) is 4.58. The number of benzene rings is 1. The van der Waals surface area contributed by atoms with Crippen LogP contribution in [0.4, 0.5) is 0 Å². The van der Waals surface area contributed by atoms with E-state index >= 15 is 0 Å². The first kappa shape index (κ1) is 11.1. The van der Waals surface area contributed by atoms with E-state index in [0.717, 1.165) is 17.9 Å². The van der Waals surface area contributed by atoms with E-state index in [1.165, 1.54) is 16.6 Å². The first-order valence-electron chi connectivity index (χ1n) is 5.74. The van der Waals surface area contributed by atoms with Gasteiger partial charge in [-0.1, -0.05) is 0 Å². The molecule has 16 heavy (non-hydrogen) atoms. The number of fused-ring (bicyclic) bond motifs is 1. The van der Waals surface area contributed by atoms with Gasteiger partial charge in [0.1, 0.15) is 5.82 Å². The first-order valence-corrected chi connectivity index (χ1v) is 5.74. The number of nitrogens with zero attached hydrogens (tertiary/aromatic N) is 2. The molecule has 0 spiro atoms. The molecule has 0 saturated carbocycles. The number of rotatable bonds is 3. The van der Waals surface area contributed by atoms with Crippen LogP contribution in [-0.2, 0) is 13.0 Å². The maximum atomic E-state index is 9.02. The summed E-state index contributed by atoms with van der Waals surface area (Å²) in [5.74, 6) is 0.977. The van der Waals surface area contributed by atoms with Gasteiger partial charge in [0.2, 0.25) is 0 Å². The van der Waals surface area contributed by atoms with Crippen LogP contribution in [0, 0.1) is 13.8 Å². The summed E-state index contributed by atoms with van der Waals surface area (Å²) in [6, 6.07) is 4.31. The fourth-order valence-electron chi connectivity index (χ4n) is 2.07. The van der Waals surface area contributed by atoms with Crippen molar-refractivity contribution in [2.24, 2.45) is 0 Å². The van der Waals surface area contributed by atoms with Crippen LogP contribution >= 0.6 is 0 Å². The monoisotopic (exact) mass is 218 g/mol. The second-order valence-electron chi connectivity index (χ2n) is 4.17. The Hall–Kier alpha value is -1.35. The summed E-state index contributed by atoms with van der Waals surface area (Å²) >= 11 is 0. The lowest BCUT2D eigenvalue weighted by molar-refractivity contribution is 0.295. The van der Waals surface area contributed by atoms with Crippen LogP contribution in [0.2, 0.25) is 0 Å². The smallest absolute Gasteiger partial charge is 0.112 e. The SMILES string of the molecule is CCn1c(CCO)nc2cc(C)c(C)cc21. The lowest BCUT2D eigenvalue weighted by Gasteiger charge is -2.05. The number of hydrogen-bond acceptors (Lipinski definition) is 2. The number of imidazole rings is 1. The third-order valence-corrected chi connectivity index (χ3v) is 3.09. The summed E-state index contributed by atoms with van der Waals surface area (Å²) < 4.78 is 2.18. The minimum Gasteiger partial charge on any atom is -0.396 e. The Labute approximate surface area is 95.7 Å². The normalized spacial score (nSPS) is 11.2. The van der Waals surface area contributed by atoms with Gasteiger partial charge >= 0.3 is 0 Å². The molecule has 1 aromatic heterocycles. The second kappa shape index (κ2) is 4.26. The van der Waals surface area contributed by atoms with Crippen LogP contribution < -0.4 is 0 Å². The van der Waals surface area contributed by atoms with Crippen LogP contribution in [0.5, 0.6) is 0 Å². The number of aromatic nitrogens is 2. The largest absolute Gasteiger partial charge is 0.396 e. The molecule has 1 heterocycles. The highest BCUT2D eigenvalue weighted by molar-refractivity contribution is 5.78. The molecule has 2 aromatic rings. The third kappa shape index (κ3) is 1.71. The van der Waals surface area contributed by atoms with Gasteiger partial charge in [-0.05, 0) is 44.0 Å². The van der Waals surface area contributed by atoms with Crippen LogP contribution in [0.25, 0.3) is 11.0 Å². The highest BCUT2D eigenvalue weighted by Crippen LogP contribution is 2.20. The Morgan fingerprint density at radius 3 is 2.56 bits per heavy atom. The van der Waals surface area contributed by atoms with Crippen molar-refractivity contribution in [1.82, 2.24) is 9.55 Å². The van der Waals surface area contributed by atoms with Gasteiger partial charge < -0.3 is 9.67 Å². The zero-order valence-electron chi connectivity index (χ0n) is 10.1. The molecule has 0 aliphatic rings. The maximum absolute atomic E-state index is 9.02. The van der Waals surface area contributed by atoms with Crippen molar-refractivity contribution in [3.05, 3.63) is 29.1 Å². The van der Waals surface area contributed by atoms with Crippen molar-refractivity contribution in [3.8, 4) is 0 Å². The van der Waals surface area contributed by atoms with Crippen molar-refractivity contribution >= 4 is 11.0 Å². The molecule has 1 aromatic carbocycles. The zero-order chi connectivity index (χ0) is 11.7. The van der Waals surface area contributed by atoms with Crippen molar-refractivity contribution in [3.63, 3.8) is 0 Å². The van der Waals surface area contributed by atoms with Gasteiger partial charge in [-0.15, -0.1) is 0 Å². The molecule has 3 heteroatoms. The van der Waals surface area contributed by atoms with E-state index in [1.54, 1.807) is 0 Å². The molecule has 0 bridgehead atoms. The summed E-state index contributed by atoms with van der Waals surface area (Å²) in [7, 11) is 0. The highest BCUT2D eigenvalue weighted by atomic mass is 16.3. The summed E-state index contributed by atoms with van der Waals surface area (Å²) in [6.07, 6.45) is 0.626. The summed E-state index contributed by atoms with van der Waals surface area (Å²) in [6.45, 7) is 7.38. The molecule has 0 saturated heterocycles. The van der Waals surface area contributed by atoms with Crippen molar-refractivity contribution < 1.29 is 5.11 Å². The van der Waals surface area contributed by atoms with Gasteiger partial charge in [-0.3, -0.25) is 0 Å². The van der Waals surface area contributed by atoms with E-state index in [0.29, 0.717) is 6.42 Å². The Balaban J connectivity index is 2.67. The van der Waals surface area contributed by atoms with Crippen LogP contribution in [0.3, 0.4) is 0 Å². The Bertz CT molecular complexity index is 514. The molecule has 0 aliphatic heterocycles. The van der Waals surface area contributed by atoms with E-state index in [2.05, 4.69) is 42.5 Å². The molecular formula is C13H18N2O. The fourth-order valence-corrected chi connectivity index (χ4v) is 2.07. The first-order chi connectivity index (χ1) is 7.67. The molecular weight excluding hydrogens is 200 g/mol. The average Bonchev–Trinajstić information content (AvgIpc) is 2.56.